The molecule has 1 aromatic heterocycles. The molecule has 4 rings (SSSR count). The van der Waals surface area contributed by atoms with Gasteiger partial charge in [-0.15, -0.1) is 0 Å². The molecule has 4 heteroatoms. The third-order valence-electron chi connectivity index (χ3n) is 6.02. The van der Waals surface area contributed by atoms with Gasteiger partial charge in [0.05, 0.1) is 13.4 Å². The van der Waals surface area contributed by atoms with E-state index < -0.39 is 0 Å². The summed E-state index contributed by atoms with van der Waals surface area (Å²) in [6.45, 7) is 5.68. The van der Waals surface area contributed by atoms with Crippen LogP contribution in [-0.4, -0.2) is 31.0 Å². The minimum absolute atomic E-state index is 0.0877. The van der Waals surface area contributed by atoms with Gasteiger partial charge < -0.3 is 14.1 Å². The molecule has 3 aromatic rings. The Morgan fingerprint density at radius 1 is 1.10 bits per heavy atom. The molecule has 0 aliphatic carbocycles. The molecule has 1 amide bonds. The minimum Gasteiger partial charge on any atom is -0.496 e. The Kier molecular flexibility index (Phi) is 5.93. The smallest absolute Gasteiger partial charge is 0.246 e. The predicted molar refractivity (Wildman–Crippen MR) is 122 cm³/mol. The number of ether oxygens (including phenoxy) is 1. The van der Waals surface area contributed by atoms with Gasteiger partial charge in [-0.05, 0) is 43.9 Å². The van der Waals surface area contributed by atoms with E-state index in [0.29, 0.717) is 0 Å². The molecule has 0 saturated carbocycles. The summed E-state index contributed by atoms with van der Waals surface area (Å²) in [5.41, 5.74) is 5.76. The molecule has 2 aromatic carbocycles. The lowest BCUT2D eigenvalue weighted by Gasteiger charge is -2.19. The highest BCUT2D eigenvalue weighted by atomic mass is 16.5. The second-order valence-electron chi connectivity index (χ2n) is 8.04. The van der Waals surface area contributed by atoms with Gasteiger partial charge in [-0.25, -0.2) is 0 Å². The highest BCUT2D eigenvalue weighted by Crippen LogP contribution is 2.40. The van der Waals surface area contributed by atoms with Gasteiger partial charge >= 0.3 is 0 Å². The Morgan fingerprint density at radius 2 is 1.80 bits per heavy atom. The minimum atomic E-state index is 0.0877. The first-order valence-electron chi connectivity index (χ1n) is 10.7. The second-order valence-corrected chi connectivity index (χ2v) is 8.04. The van der Waals surface area contributed by atoms with Crippen molar-refractivity contribution in [2.45, 2.75) is 39.5 Å². The number of aryl methyl sites for hydroxylation is 1. The van der Waals surface area contributed by atoms with Crippen LogP contribution in [0.4, 0.5) is 0 Å². The first kappa shape index (κ1) is 20.3. The lowest BCUT2D eigenvalue weighted by molar-refractivity contribution is -0.125. The molecule has 0 unspecified atom stereocenters. The molecule has 4 nitrogen and oxygen atoms in total. The number of carbonyl (C=O) groups excluding carboxylic acids is 1. The Balaban J connectivity index is 1.78. The van der Waals surface area contributed by atoms with E-state index in [1.807, 2.05) is 36.9 Å². The van der Waals surface area contributed by atoms with Crippen molar-refractivity contribution < 1.29 is 13.9 Å². The zero-order chi connectivity index (χ0) is 21.1. The SMILES string of the molecule is COc1c(/C(C)=C/C(=O)N2CCCCCC2)cc2c(-c3ccccc3)coc2c1C. The summed E-state index contributed by atoms with van der Waals surface area (Å²) in [5, 5.41) is 1.03. The molecule has 0 bridgehead atoms. The monoisotopic (exact) mass is 403 g/mol. The van der Waals surface area contributed by atoms with Gasteiger partial charge in [-0.2, -0.15) is 0 Å². The molecular formula is C26H29NO3. The molecule has 1 fully saturated rings. The molecule has 0 N–H and O–H groups in total. The Hall–Kier alpha value is -3.01. The van der Waals surface area contributed by atoms with E-state index >= 15 is 0 Å². The van der Waals surface area contributed by atoms with E-state index in [9.17, 15) is 4.79 Å². The number of nitrogens with zero attached hydrogens (tertiary/aromatic N) is 1. The van der Waals surface area contributed by atoms with Crippen molar-refractivity contribution in [3.05, 3.63) is 59.9 Å². The maximum Gasteiger partial charge on any atom is 0.246 e. The predicted octanol–water partition coefficient (Wildman–Crippen LogP) is 6.22. The average Bonchev–Trinajstić information content (AvgIpc) is 3.00. The summed E-state index contributed by atoms with van der Waals surface area (Å²) in [6, 6.07) is 12.3. The maximum atomic E-state index is 12.9. The molecule has 156 valence electrons. The van der Waals surface area contributed by atoms with Crippen LogP contribution in [0.25, 0.3) is 27.7 Å². The normalized spacial score (nSPS) is 15.3. The molecule has 0 atom stereocenters. The van der Waals surface area contributed by atoms with E-state index in [4.69, 9.17) is 9.15 Å². The third kappa shape index (κ3) is 3.87. The summed E-state index contributed by atoms with van der Waals surface area (Å²) in [7, 11) is 1.67. The van der Waals surface area contributed by atoms with E-state index in [1.165, 1.54) is 12.8 Å². The van der Waals surface area contributed by atoms with Crippen LogP contribution in [0.15, 0.2) is 53.2 Å². The van der Waals surface area contributed by atoms with E-state index in [0.717, 1.165) is 70.5 Å². The fraction of sp³-hybridized carbons (Fsp3) is 0.346. The summed E-state index contributed by atoms with van der Waals surface area (Å²) in [5.74, 6) is 0.846. The molecule has 2 heterocycles. The number of benzene rings is 2. The maximum absolute atomic E-state index is 12.9. The molecule has 1 aliphatic heterocycles. The Labute approximate surface area is 178 Å². The lowest BCUT2D eigenvalue weighted by Crippen LogP contribution is -2.30. The fourth-order valence-electron chi connectivity index (χ4n) is 4.36. The van der Waals surface area contributed by atoms with Crippen molar-refractivity contribution in [1.82, 2.24) is 4.90 Å². The van der Waals surface area contributed by atoms with Gasteiger partial charge in [0.1, 0.15) is 11.3 Å². The number of hydrogen-bond donors (Lipinski definition) is 0. The summed E-state index contributed by atoms with van der Waals surface area (Å²) in [4.78, 5) is 14.9. The van der Waals surface area contributed by atoms with Crippen molar-refractivity contribution in [3.63, 3.8) is 0 Å². The highest BCUT2D eigenvalue weighted by molar-refractivity contribution is 6.01. The average molecular weight is 404 g/mol. The van der Waals surface area contributed by atoms with Crippen LogP contribution < -0.4 is 4.74 Å². The van der Waals surface area contributed by atoms with Crippen LogP contribution in [0, 0.1) is 6.92 Å². The van der Waals surface area contributed by atoms with Crippen molar-refractivity contribution in [2.75, 3.05) is 20.2 Å². The van der Waals surface area contributed by atoms with Gasteiger partial charge in [-0.3, -0.25) is 4.79 Å². The zero-order valence-corrected chi connectivity index (χ0v) is 18.0. The van der Waals surface area contributed by atoms with Gasteiger partial charge in [0.2, 0.25) is 5.91 Å². The van der Waals surface area contributed by atoms with E-state index in [-0.39, 0.29) is 5.91 Å². The lowest BCUT2D eigenvalue weighted by atomic mass is 9.96. The van der Waals surface area contributed by atoms with Crippen LogP contribution in [0.3, 0.4) is 0 Å². The van der Waals surface area contributed by atoms with Crippen LogP contribution >= 0.6 is 0 Å². The Bertz CT molecular complexity index is 1070. The quantitative estimate of drug-likeness (QED) is 0.486. The standard InChI is InChI=1S/C26H29NO3/c1-18(15-24(28)27-13-9-4-5-10-14-27)21-16-22-23(20-11-7-6-8-12-20)17-30-26(22)19(2)25(21)29-3/h6-8,11-12,15-17H,4-5,9-10,13-14H2,1-3H3/b18-15+. The number of hydrogen-bond acceptors (Lipinski definition) is 3. The zero-order valence-electron chi connectivity index (χ0n) is 18.0. The number of fused-ring (bicyclic) bond motifs is 1. The van der Waals surface area contributed by atoms with Crippen LogP contribution in [0.5, 0.6) is 5.75 Å². The van der Waals surface area contributed by atoms with Gasteiger partial charge in [0, 0.05) is 41.2 Å². The molecule has 1 aliphatic rings. The number of allylic oxidation sites excluding steroid dienone is 1. The van der Waals surface area contributed by atoms with Gasteiger partial charge in [-0.1, -0.05) is 43.2 Å². The highest BCUT2D eigenvalue weighted by Gasteiger charge is 2.20. The first-order chi connectivity index (χ1) is 14.6. The summed E-state index contributed by atoms with van der Waals surface area (Å²) < 4.78 is 11.7. The van der Waals surface area contributed by atoms with Crippen LogP contribution in [0.1, 0.15) is 43.7 Å². The van der Waals surface area contributed by atoms with E-state index in [2.05, 4.69) is 18.2 Å². The van der Waals surface area contributed by atoms with Gasteiger partial charge in [0.15, 0.2) is 0 Å². The molecule has 30 heavy (non-hydrogen) atoms. The largest absolute Gasteiger partial charge is 0.496 e. The van der Waals surface area contributed by atoms with Crippen LogP contribution in [-0.2, 0) is 4.79 Å². The van der Waals surface area contributed by atoms with Crippen molar-refractivity contribution >= 4 is 22.4 Å². The van der Waals surface area contributed by atoms with Crippen molar-refractivity contribution in [3.8, 4) is 16.9 Å². The second kappa shape index (κ2) is 8.78. The van der Waals surface area contributed by atoms with E-state index in [1.54, 1.807) is 19.4 Å². The summed E-state index contributed by atoms with van der Waals surface area (Å²) in [6.07, 6.45) is 8.15. The third-order valence-corrected chi connectivity index (χ3v) is 6.02. The van der Waals surface area contributed by atoms with Crippen molar-refractivity contribution in [1.29, 1.82) is 0 Å². The van der Waals surface area contributed by atoms with Crippen LogP contribution in [0.2, 0.25) is 0 Å². The molecule has 0 spiro atoms. The number of likely N-dealkylation sites (tertiary alicyclic amines) is 1. The topological polar surface area (TPSA) is 42.7 Å². The molecule has 0 radical (unpaired) electrons. The Morgan fingerprint density at radius 3 is 2.47 bits per heavy atom. The summed E-state index contributed by atoms with van der Waals surface area (Å²) >= 11 is 0. The number of rotatable bonds is 4. The fourth-order valence-corrected chi connectivity index (χ4v) is 4.36. The molecule has 1 saturated heterocycles. The number of furan rings is 1. The first-order valence-corrected chi connectivity index (χ1v) is 10.7. The number of carbonyl (C=O) groups is 1. The van der Waals surface area contributed by atoms with Gasteiger partial charge in [0.25, 0.3) is 0 Å². The number of amides is 1. The molecular weight excluding hydrogens is 374 g/mol. The number of methoxy groups -OCH3 is 1. The van der Waals surface area contributed by atoms with Crippen molar-refractivity contribution in [2.24, 2.45) is 0 Å².